The van der Waals surface area contributed by atoms with Crippen LogP contribution in [0.3, 0.4) is 0 Å². The molecule has 2 atom stereocenters. The lowest BCUT2D eigenvalue weighted by molar-refractivity contribution is -0.131. The van der Waals surface area contributed by atoms with Crippen molar-refractivity contribution in [2.24, 2.45) is 0 Å². The minimum Gasteiger partial charge on any atom is -0.414 e. The van der Waals surface area contributed by atoms with Crippen molar-refractivity contribution in [3.63, 3.8) is 0 Å². The van der Waals surface area contributed by atoms with Gasteiger partial charge in [-0.05, 0) is 36.2 Å². The third-order valence-corrected chi connectivity index (χ3v) is 5.90. The van der Waals surface area contributed by atoms with Crippen molar-refractivity contribution < 1.29 is 22.7 Å². The Labute approximate surface area is 192 Å². The van der Waals surface area contributed by atoms with Crippen LogP contribution in [-0.4, -0.2) is 62.3 Å². The fourth-order valence-electron chi connectivity index (χ4n) is 4.22. The number of amides is 1. The number of carbonyl (C=O) groups excluding carboxylic acids is 1. The minimum absolute atomic E-state index is 0.0445. The number of carbonyl (C=O) groups is 1. The number of alkyl halides is 3. The van der Waals surface area contributed by atoms with Gasteiger partial charge in [0, 0.05) is 36.8 Å². The Morgan fingerprint density at radius 1 is 1.26 bits per heavy atom. The number of hydrogen-bond donors (Lipinski definition) is 1. The monoisotopic (exact) mass is 470 g/mol. The van der Waals surface area contributed by atoms with Crippen LogP contribution >= 0.6 is 0 Å². The van der Waals surface area contributed by atoms with E-state index < -0.39 is 18.8 Å². The van der Waals surface area contributed by atoms with Crippen LogP contribution in [0.2, 0.25) is 0 Å². The van der Waals surface area contributed by atoms with E-state index in [4.69, 9.17) is 4.74 Å². The van der Waals surface area contributed by atoms with E-state index in [2.05, 4.69) is 20.4 Å². The Kier molecular flexibility index (Phi) is 5.68. The molecule has 0 spiro atoms. The lowest BCUT2D eigenvalue weighted by Crippen LogP contribution is -2.49. The molecular formula is C23H21F3N6O2. The average Bonchev–Trinajstić information content (AvgIpc) is 3.24. The smallest absolute Gasteiger partial charge is 0.388 e. The number of nitrogens with zero attached hydrogens (tertiary/aromatic N) is 5. The van der Waals surface area contributed by atoms with Crippen molar-refractivity contribution in [2.75, 3.05) is 18.4 Å². The summed E-state index contributed by atoms with van der Waals surface area (Å²) in [4.78, 5) is 21.4. The molecule has 1 fully saturated rings. The second-order valence-corrected chi connectivity index (χ2v) is 8.07. The number of ether oxygens (including phenoxy) is 1. The molecule has 176 valence electrons. The third kappa shape index (κ3) is 4.20. The minimum atomic E-state index is -3.11. The summed E-state index contributed by atoms with van der Waals surface area (Å²) in [6, 6.07) is 10.3. The van der Waals surface area contributed by atoms with Gasteiger partial charge in [0.15, 0.2) is 0 Å². The second kappa shape index (κ2) is 8.81. The van der Waals surface area contributed by atoms with Crippen LogP contribution in [0.5, 0.6) is 5.88 Å². The number of aromatic nitrogens is 4. The molecule has 1 aliphatic rings. The molecule has 0 radical (unpaired) electrons. The molecule has 0 aliphatic carbocycles. The number of hydrogen-bond acceptors (Lipinski definition) is 6. The molecule has 1 aliphatic heterocycles. The van der Waals surface area contributed by atoms with Crippen LogP contribution in [-0.2, 0) is 4.79 Å². The van der Waals surface area contributed by atoms with E-state index in [1.54, 1.807) is 18.5 Å². The van der Waals surface area contributed by atoms with Gasteiger partial charge in [0.1, 0.15) is 11.7 Å². The van der Waals surface area contributed by atoms with E-state index in [-0.39, 0.29) is 29.8 Å². The zero-order valence-corrected chi connectivity index (χ0v) is 18.2. The zero-order valence-electron chi connectivity index (χ0n) is 18.2. The summed E-state index contributed by atoms with van der Waals surface area (Å²) in [6.07, 6.45) is 2.27. The first-order chi connectivity index (χ1) is 16.4. The third-order valence-electron chi connectivity index (χ3n) is 5.90. The number of halogens is 3. The number of anilines is 1. The number of nitrogens with one attached hydrogen (secondary N) is 1. The number of fused-ring (bicyclic) bond motifs is 2. The van der Waals surface area contributed by atoms with Crippen molar-refractivity contribution in [1.82, 2.24) is 24.5 Å². The largest absolute Gasteiger partial charge is 0.414 e. The first kappa shape index (κ1) is 21.9. The summed E-state index contributed by atoms with van der Waals surface area (Å²) < 4.78 is 47.3. The molecule has 1 aromatic carbocycles. The van der Waals surface area contributed by atoms with Crippen molar-refractivity contribution in [2.45, 2.75) is 32.2 Å². The quantitative estimate of drug-likeness (QED) is 0.476. The maximum Gasteiger partial charge on any atom is 0.388 e. The molecule has 0 unspecified atom stereocenters. The molecule has 11 heteroatoms. The van der Waals surface area contributed by atoms with Crippen LogP contribution in [0.25, 0.3) is 27.5 Å². The van der Waals surface area contributed by atoms with E-state index in [0.717, 1.165) is 16.5 Å². The van der Waals surface area contributed by atoms with Crippen LogP contribution in [0.1, 0.15) is 13.3 Å². The van der Waals surface area contributed by atoms with Crippen LogP contribution < -0.4 is 10.1 Å². The highest BCUT2D eigenvalue weighted by Gasteiger charge is 2.31. The Morgan fingerprint density at radius 2 is 2.12 bits per heavy atom. The SMILES string of the molecule is CC(=O)N1CC[C@H](Nc2nc(OC(F)F)c3c(-c4ccc5ncccc5c4)ccn3n2)[C@H](F)C1. The summed E-state index contributed by atoms with van der Waals surface area (Å²) in [5.74, 6) is -0.567. The number of piperidine rings is 1. The second-order valence-electron chi connectivity index (χ2n) is 8.07. The van der Waals surface area contributed by atoms with Gasteiger partial charge in [-0.3, -0.25) is 9.78 Å². The lowest BCUT2D eigenvalue weighted by atomic mass is 10.0. The Hall–Kier alpha value is -3.89. The highest BCUT2D eigenvalue weighted by molar-refractivity contribution is 5.90. The first-order valence-corrected chi connectivity index (χ1v) is 10.7. The number of benzene rings is 1. The number of pyridine rings is 1. The Morgan fingerprint density at radius 3 is 2.88 bits per heavy atom. The van der Waals surface area contributed by atoms with Gasteiger partial charge in [-0.1, -0.05) is 12.1 Å². The van der Waals surface area contributed by atoms with Crippen molar-refractivity contribution in [3.05, 3.63) is 48.8 Å². The molecule has 1 saturated heterocycles. The van der Waals surface area contributed by atoms with E-state index in [9.17, 15) is 18.0 Å². The van der Waals surface area contributed by atoms with Crippen molar-refractivity contribution in [1.29, 1.82) is 0 Å². The Balaban J connectivity index is 1.51. The van der Waals surface area contributed by atoms with Gasteiger partial charge in [0.2, 0.25) is 17.7 Å². The summed E-state index contributed by atoms with van der Waals surface area (Å²) in [5.41, 5.74) is 2.42. The van der Waals surface area contributed by atoms with Gasteiger partial charge in [-0.25, -0.2) is 8.91 Å². The summed E-state index contributed by atoms with van der Waals surface area (Å²) >= 11 is 0. The highest BCUT2D eigenvalue weighted by atomic mass is 19.3. The van der Waals surface area contributed by atoms with Crippen LogP contribution in [0.15, 0.2) is 48.8 Å². The molecule has 4 heterocycles. The topological polar surface area (TPSA) is 84.7 Å². The van der Waals surface area contributed by atoms with E-state index >= 15 is 0 Å². The van der Waals surface area contributed by atoms with Gasteiger partial charge >= 0.3 is 6.61 Å². The van der Waals surface area contributed by atoms with Crippen molar-refractivity contribution in [3.8, 4) is 17.0 Å². The van der Waals surface area contributed by atoms with E-state index in [1.807, 2.05) is 30.3 Å². The van der Waals surface area contributed by atoms with Crippen molar-refractivity contribution >= 4 is 28.3 Å². The van der Waals surface area contributed by atoms with E-state index in [0.29, 0.717) is 18.5 Å². The highest BCUT2D eigenvalue weighted by Crippen LogP contribution is 2.34. The average molecular weight is 470 g/mol. The number of rotatable bonds is 5. The van der Waals surface area contributed by atoms with Crippen LogP contribution in [0.4, 0.5) is 19.1 Å². The van der Waals surface area contributed by atoms with Gasteiger partial charge in [-0.15, -0.1) is 5.10 Å². The van der Waals surface area contributed by atoms with Gasteiger partial charge in [0.25, 0.3) is 0 Å². The molecule has 0 bridgehead atoms. The molecule has 3 aromatic heterocycles. The number of likely N-dealkylation sites (tertiary alicyclic amines) is 1. The normalized spacial score (nSPS) is 18.6. The first-order valence-electron chi connectivity index (χ1n) is 10.7. The summed E-state index contributed by atoms with van der Waals surface area (Å²) in [7, 11) is 0. The standard InChI is InChI=1S/C23H21F3N6O2/c1-13(33)31-9-7-19(17(24)12-31)28-23-29-21(34-22(25)26)20-16(6-10-32(20)30-23)14-4-5-18-15(11-14)3-2-8-27-18/h2-6,8,10-11,17,19,22H,7,9,12H2,1H3,(H,28,30)/t17-,19+/m1/s1. The zero-order chi connectivity index (χ0) is 23.8. The fraction of sp³-hybridized carbons (Fsp3) is 0.304. The Bertz CT molecular complexity index is 1360. The van der Waals surface area contributed by atoms with Gasteiger partial charge in [-0.2, -0.15) is 13.8 Å². The molecule has 34 heavy (non-hydrogen) atoms. The van der Waals surface area contributed by atoms with Crippen LogP contribution in [0, 0.1) is 0 Å². The fourth-order valence-corrected chi connectivity index (χ4v) is 4.22. The predicted octanol–water partition coefficient (Wildman–Crippen LogP) is 3.92. The molecule has 0 saturated carbocycles. The molecule has 1 N–H and O–H groups in total. The predicted molar refractivity (Wildman–Crippen MR) is 120 cm³/mol. The maximum atomic E-state index is 14.6. The van der Waals surface area contributed by atoms with Gasteiger partial charge in [0.05, 0.1) is 18.1 Å². The summed E-state index contributed by atoms with van der Waals surface area (Å²) in [5, 5.41) is 8.11. The molecule has 5 rings (SSSR count). The molecular weight excluding hydrogens is 449 g/mol. The molecule has 1 amide bonds. The summed E-state index contributed by atoms with van der Waals surface area (Å²) in [6.45, 7) is -1.40. The maximum absolute atomic E-state index is 14.6. The lowest BCUT2D eigenvalue weighted by Gasteiger charge is -2.34. The van der Waals surface area contributed by atoms with Gasteiger partial charge < -0.3 is 15.0 Å². The van der Waals surface area contributed by atoms with E-state index in [1.165, 1.54) is 16.3 Å². The molecule has 4 aromatic rings. The molecule has 8 nitrogen and oxygen atoms in total.